The third-order valence-electron chi connectivity index (χ3n) is 10.7. The van der Waals surface area contributed by atoms with Gasteiger partial charge in [0.15, 0.2) is 5.71 Å². The van der Waals surface area contributed by atoms with Gasteiger partial charge in [-0.2, -0.15) is 38.2 Å². The zero-order chi connectivity index (χ0) is 50.5. The van der Waals surface area contributed by atoms with Gasteiger partial charge in [0.1, 0.15) is 6.54 Å². The first-order valence-electron chi connectivity index (χ1n) is 20.2. The quantitative estimate of drug-likeness (QED) is 0.0304. The van der Waals surface area contributed by atoms with Crippen molar-refractivity contribution in [3.8, 4) is 0 Å². The largest absolute Gasteiger partial charge is 0.478 e. The van der Waals surface area contributed by atoms with Crippen molar-refractivity contribution in [1.82, 2.24) is 0 Å². The van der Waals surface area contributed by atoms with Gasteiger partial charge < -0.3 is 24.6 Å². The molecule has 67 heavy (non-hydrogen) atoms. The number of carbonyl (C=O) groups excluding carboxylic acids is 2. The number of hydrogen-bond acceptors (Lipinski definition) is 15. The monoisotopic (exact) mass is 1020 g/mol. The number of esters is 2. The summed E-state index contributed by atoms with van der Waals surface area (Å²) in [6.45, 7) is 5.66. The maximum atomic E-state index is 13.5. The molecule has 2 heterocycles. The number of aromatic carboxylic acids is 2. The van der Waals surface area contributed by atoms with E-state index in [9.17, 15) is 72.2 Å². The summed E-state index contributed by atoms with van der Waals surface area (Å²) in [4.78, 5) is 53.2. The summed E-state index contributed by atoms with van der Waals surface area (Å²) in [7, 11) is -17.6. The average Bonchev–Trinajstić information content (AvgIpc) is 3.53. The van der Waals surface area contributed by atoms with Crippen molar-refractivity contribution in [3.05, 3.63) is 93.7 Å². The van der Waals surface area contributed by atoms with E-state index in [4.69, 9.17) is 18.6 Å². The van der Waals surface area contributed by atoms with Gasteiger partial charge in [0.05, 0.1) is 69.5 Å². The Morgan fingerprint density at radius 3 is 1.57 bits per heavy atom. The van der Waals surface area contributed by atoms with Crippen LogP contribution in [0.4, 0.5) is 11.4 Å². The van der Waals surface area contributed by atoms with Gasteiger partial charge in [0.25, 0.3) is 40.5 Å². The van der Waals surface area contributed by atoms with Crippen LogP contribution in [0.15, 0.2) is 60.3 Å². The third-order valence-corrected chi connectivity index (χ3v) is 13.9. The lowest BCUT2D eigenvalue weighted by Crippen LogP contribution is -2.29. The van der Waals surface area contributed by atoms with Crippen LogP contribution in [0.5, 0.6) is 0 Å². The highest BCUT2D eigenvalue weighted by molar-refractivity contribution is 7.86. The summed E-state index contributed by atoms with van der Waals surface area (Å²) in [6, 6.07) is 4.72. The summed E-state index contributed by atoms with van der Waals surface area (Å²) in [5.41, 5.74) is -1.61. The summed E-state index contributed by atoms with van der Waals surface area (Å²) in [5.74, 6) is -7.66. The highest BCUT2D eigenvalue weighted by atomic mass is 32.2. The van der Waals surface area contributed by atoms with E-state index in [0.29, 0.717) is 11.4 Å². The Balaban J connectivity index is 1.81. The van der Waals surface area contributed by atoms with E-state index in [1.807, 2.05) is 0 Å². The molecule has 22 nitrogen and oxygen atoms in total. The fourth-order valence-electron chi connectivity index (χ4n) is 7.97. The number of fused-ring (bicyclic) bond motifs is 2. The van der Waals surface area contributed by atoms with Crippen molar-refractivity contribution in [1.29, 1.82) is 0 Å². The molecule has 0 radical (unpaired) electrons. The molecule has 0 atom stereocenters. The molecule has 6 N–H and O–H groups in total. The van der Waals surface area contributed by atoms with Gasteiger partial charge in [0.2, 0.25) is 5.69 Å². The highest BCUT2D eigenvalue weighted by Crippen LogP contribution is 2.50. The molecule has 0 aliphatic carbocycles. The summed E-state index contributed by atoms with van der Waals surface area (Å²) in [6.07, 6.45) is 6.97. The molecule has 26 heteroatoms. The molecule has 0 spiro atoms. The van der Waals surface area contributed by atoms with E-state index < -0.39 is 111 Å². The van der Waals surface area contributed by atoms with Crippen LogP contribution < -0.4 is 4.90 Å². The van der Waals surface area contributed by atoms with Crippen LogP contribution in [0.3, 0.4) is 0 Å². The molecule has 368 valence electrons. The van der Waals surface area contributed by atoms with Crippen molar-refractivity contribution < 1.29 is 95.3 Å². The van der Waals surface area contributed by atoms with Gasteiger partial charge in [-0.3, -0.25) is 18.2 Å². The zero-order valence-corrected chi connectivity index (χ0v) is 39.9. The summed E-state index contributed by atoms with van der Waals surface area (Å²) >= 11 is 0. The molecule has 0 saturated carbocycles. The smallest absolute Gasteiger partial charge is 0.338 e. The normalized spacial score (nSPS) is 16.5. The van der Waals surface area contributed by atoms with Gasteiger partial charge in [-0.15, -0.1) is 0 Å². The second-order valence-corrected chi connectivity index (χ2v) is 22.8. The van der Waals surface area contributed by atoms with Crippen LogP contribution in [0.1, 0.15) is 106 Å². The number of nitrogens with zero attached hydrogens (tertiary/aromatic N) is 2. The fraction of sp³-hybridized carbons (Fsp3) is 0.439. The number of carboxylic acids is 2. The molecule has 0 amide bonds. The molecular weight excluding hydrogens is 969 g/mol. The lowest BCUT2D eigenvalue weighted by atomic mass is 9.78. The Hall–Kier alpha value is -5.35. The minimum absolute atomic E-state index is 0.107. The van der Waals surface area contributed by atoms with Crippen LogP contribution in [0, 0.1) is 0 Å². The highest BCUT2D eigenvalue weighted by Gasteiger charge is 2.48. The first-order chi connectivity index (χ1) is 30.7. The van der Waals surface area contributed by atoms with Crippen LogP contribution in [0.2, 0.25) is 0 Å². The average molecular weight is 1020 g/mol. The number of carbonyl (C=O) groups is 4. The van der Waals surface area contributed by atoms with E-state index in [0.717, 1.165) is 12.1 Å². The Bertz CT molecular complexity index is 2910. The van der Waals surface area contributed by atoms with Gasteiger partial charge in [-0.25, -0.2) is 19.2 Å². The number of hydrogen-bond donors (Lipinski definition) is 6. The molecule has 2 aromatic rings. The van der Waals surface area contributed by atoms with E-state index in [-0.39, 0.29) is 83.5 Å². The fourth-order valence-corrected chi connectivity index (χ4v) is 9.92. The van der Waals surface area contributed by atoms with E-state index in [1.54, 1.807) is 67.6 Å². The Kier molecular flexibility index (Phi) is 16.9. The number of benzene rings is 2. The number of anilines is 1. The summed E-state index contributed by atoms with van der Waals surface area (Å²) < 4.78 is 141. The van der Waals surface area contributed by atoms with Crippen LogP contribution in [-0.2, 0) is 60.8 Å². The predicted molar refractivity (Wildman–Crippen MR) is 241 cm³/mol. The molecule has 0 saturated heterocycles. The molecule has 0 unspecified atom stereocenters. The predicted octanol–water partition coefficient (Wildman–Crippen LogP) is 3.68. The third kappa shape index (κ3) is 14.3. The van der Waals surface area contributed by atoms with E-state index in [1.165, 1.54) is 12.1 Å². The van der Waals surface area contributed by atoms with Crippen molar-refractivity contribution in [2.24, 2.45) is 0 Å². The lowest BCUT2D eigenvalue weighted by Gasteiger charge is -2.27. The zero-order valence-electron chi connectivity index (χ0n) is 36.6. The Morgan fingerprint density at radius 2 is 1.07 bits per heavy atom. The van der Waals surface area contributed by atoms with Crippen molar-refractivity contribution in [2.45, 2.75) is 64.2 Å². The maximum absolute atomic E-state index is 13.5. The second-order valence-electron chi connectivity index (χ2n) is 16.5. The first-order valence-corrected chi connectivity index (χ1v) is 26.7. The van der Waals surface area contributed by atoms with Gasteiger partial charge in [0, 0.05) is 47.5 Å². The Labute approximate surface area is 387 Å². The number of carboxylic acid groups (broad SMARTS) is 2. The van der Waals surface area contributed by atoms with Gasteiger partial charge >= 0.3 is 23.9 Å². The van der Waals surface area contributed by atoms with Crippen molar-refractivity contribution in [2.75, 3.05) is 54.2 Å². The number of ether oxygens (including phenoxy) is 2. The minimum Gasteiger partial charge on any atom is -0.478 e. The Morgan fingerprint density at radius 1 is 0.612 bits per heavy atom. The van der Waals surface area contributed by atoms with Crippen LogP contribution in [-0.4, -0.2) is 146 Å². The lowest BCUT2D eigenvalue weighted by molar-refractivity contribution is -0.437. The minimum atomic E-state index is -4.44. The van der Waals surface area contributed by atoms with E-state index >= 15 is 0 Å². The SMILES string of the molecule is CC1(C)C(/C=C/C=C/C=C2/N(CCCS(=O)(=O)O)c3cc(C(=O)O)cc(C(=O)OCCCS(=O)(=O)O)c3C2(C)C)=[N+](CCCS(=O)(=O)O)c2cc(C(=O)O)cc(C(=O)OCCCS(=O)(=O)O)c21. The molecule has 2 aliphatic rings. The van der Waals surface area contributed by atoms with Gasteiger partial charge in [-0.05, 0) is 57.4 Å². The van der Waals surface area contributed by atoms with Crippen molar-refractivity contribution in [3.63, 3.8) is 0 Å². The second kappa shape index (κ2) is 20.9. The van der Waals surface area contributed by atoms with E-state index in [2.05, 4.69) is 0 Å². The standard InChI is InChI=1S/C41H50N2O20S4/c1-40(2)32(42(14-8-18-64(50,51)52)30-24-26(36(44)45)22-28(34(30)40)38(48)62-16-10-20-66(56,57)58)12-6-5-7-13-33-41(3,4)35-29(39(49)63-17-11-21-67(59,60)61)23-27(37(46)47)25-31(35)43(33)15-9-19-65(53,54)55/h5-7,12-13,22-25H,8-11,14-21H2,1-4H3,(H5-,44,45,46,47,50,51,52,53,54,55,56,57,58,59,60,61)/p+1. The van der Waals surface area contributed by atoms with Crippen LogP contribution in [0.25, 0.3) is 0 Å². The molecule has 2 aromatic carbocycles. The molecule has 0 aromatic heterocycles. The number of allylic oxidation sites excluding steroid dienone is 6. The number of rotatable bonds is 23. The molecule has 4 rings (SSSR count). The molecule has 0 bridgehead atoms. The topological polar surface area (TPSA) is 351 Å². The maximum Gasteiger partial charge on any atom is 0.338 e. The molecule has 0 fully saturated rings. The molecule has 2 aliphatic heterocycles. The van der Waals surface area contributed by atoms with Gasteiger partial charge in [-0.1, -0.05) is 32.1 Å². The van der Waals surface area contributed by atoms with Crippen molar-refractivity contribution >= 4 is 81.4 Å². The molecular formula is C41H51N2O20S4+. The first kappa shape index (κ1) is 54.3. The van der Waals surface area contributed by atoms with Crippen LogP contribution >= 0.6 is 0 Å². The summed E-state index contributed by atoms with van der Waals surface area (Å²) in [5, 5.41) is 20.0.